The summed E-state index contributed by atoms with van der Waals surface area (Å²) in [5, 5.41) is 0. The smallest absolute Gasteiger partial charge is 0.317 e. The summed E-state index contributed by atoms with van der Waals surface area (Å²) < 4.78 is 9.63. The van der Waals surface area contributed by atoms with E-state index >= 15 is 0 Å². The van der Waals surface area contributed by atoms with Crippen LogP contribution in [0.4, 0.5) is 0 Å². The molecule has 0 rings (SSSR count). The van der Waals surface area contributed by atoms with Crippen molar-refractivity contribution in [1.82, 2.24) is 0 Å². The second kappa shape index (κ2) is 9.99. The van der Waals surface area contributed by atoms with Gasteiger partial charge in [0.25, 0.3) is 0 Å². The van der Waals surface area contributed by atoms with Crippen LogP contribution in [0.25, 0.3) is 0 Å². The topological polar surface area (TPSA) is 18.5 Å². The minimum Gasteiger partial charge on any atom is -0.400 e. The van der Waals surface area contributed by atoms with Gasteiger partial charge in [0.1, 0.15) is 0 Å². The number of rotatable bonds is 2. The molecule has 8 heavy (non-hydrogen) atoms. The van der Waals surface area contributed by atoms with Crippen LogP contribution in [0.5, 0.6) is 0 Å². The van der Waals surface area contributed by atoms with Gasteiger partial charge in [-0.3, -0.25) is 0 Å². The normalized spacial score (nSPS) is 8.00. The zero-order valence-corrected chi connectivity index (χ0v) is 6.96. The lowest BCUT2D eigenvalue weighted by Gasteiger charge is -2.00. The molecular formula is C5H14O2Si. The summed E-state index contributed by atoms with van der Waals surface area (Å²) in [5.74, 6) is 0. The maximum Gasteiger partial charge on any atom is 0.317 e. The average molecular weight is 134 g/mol. The molecule has 0 atom stereocenters. The van der Waals surface area contributed by atoms with Crippen LogP contribution in [0.3, 0.4) is 0 Å². The molecule has 0 amide bonds. The van der Waals surface area contributed by atoms with Gasteiger partial charge in [-0.05, 0) is 6.55 Å². The molecule has 2 nitrogen and oxygen atoms in total. The Morgan fingerprint density at radius 3 is 1.38 bits per heavy atom. The van der Waals surface area contributed by atoms with Crippen molar-refractivity contribution in [2.45, 2.75) is 6.55 Å². The molecule has 0 aromatic heterocycles. The lowest BCUT2D eigenvalue weighted by Crippen LogP contribution is -2.12. The zero-order valence-electron chi connectivity index (χ0n) is 5.81. The quantitative estimate of drug-likeness (QED) is 0.413. The van der Waals surface area contributed by atoms with E-state index in [2.05, 4.69) is 13.2 Å². The van der Waals surface area contributed by atoms with E-state index < -0.39 is 9.28 Å². The predicted molar refractivity (Wildman–Crippen MR) is 38.3 cm³/mol. The molecular weight excluding hydrogens is 120 g/mol. The summed E-state index contributed by atoms with van der Waals surface area (Å²) in [5.41, 5.74) is 0. The molecule has 0 aliphatic heterocycles. The molecule has 0 heterocycles. The third kappa shape index (κ3) is 9.30. The van der Waals surface area contributed by atoms with Crippen molar-refractivity contribution in [1.29, 1.82) is 0 Å². The lowest BCUT2D eigenvalue weighted by molar-refractivity contribution is 0.285. The second-order valence-corrected chi connectivity index (χ2v) is 3.12. The van der Waals surface area contributed by atoms with E-state index in [0.717, 1.165) is 0 Å². The third-order valence-electron chi connectivity index (χ3n) is 0.664. The van der Waals surface area contributed by atoms with E-state index in [-0.39, 0.29) is 0 Å². The SMILES string of the molecule is C=C.CO[SiH](C)OC. The largest absolute Gasteiger partial charge is 0.400 e. The standard InChI is InChI=1S/C3H10O2Si.C2H4/c1-4-6(3)5-2;1-2/h6H,1-3H3;1-2H2. The van der Waals surface area contributed by atoms with E-state index in [1.807, 2.05) is 6.55 Å². The van der Waals surface area contributed by atoms with Crippen LogP contribution in [0, 0.1) is 0 Å². The fraction of sp³-hybridized carbons (Fsp3) is 0.600. The molecule has 0 radical (unpaired) electrons. The molecule has 0 unspecified atom stereocenters. The van der Waals surface area contributed by atoms with Gasteiger partial charge in [-0.1, -0.05) is 0 Å². The predicted octanol–water partition coefficient (Wildman–Crippen LogP) is 0.932. The molecule has 0 aliphatic rings. The van der Waals surface area contributed by atoms with Gasteiger partial charge in [-0.25, -0.2) is 0 Å². The Morgan fingerprint density at radius 2 is 1.38 bits per heavy atom. The van der Waals surface area contributed by atoms with Crippen LogP contribution in [0.1, 0.15) is 0 Å². The fourth-order valence-corrected chi connectivity index (χ4v) is 0.289. The number of hydrogen-bond acceptors (Lipinski definition) is 2. The highest BCUT2D eigenvalue weighted by Gasteiger charge is 1.94. The maximum atomic E-state index is 4.82. The van der Waals surface area contributed by atoms with Gasteiger partial charge < -0.3 is 8.85 Å². The fourth-order valence-electron chi connectivity index (χ4n) is 0.0962. The molecule has 0 fully saturated rings. The van der Waals surface area contributed by atoms with Crippen LogP contribution in [0.15, 0.2) is 13.2 Å². The molecule has 0 saturated carbocycles. The van der Waals surface area contributed by atoms with Gasteiger partial charge in [0.15, 0.2) is 0 Å². The second-order valence-electron chi connectivity index (χ2n) is 1.04. The molecule has 3 heteroatoms. The first-order valence-corrected chi connectivity index (χ1v) is 4.46. The maximum absolute atomic E-state index is 4.82. The molecule has 0 aromatic rings. The van der Waals surface area contributed by atoms with Crippen LogP contribution in [0.2, 0.25) is 6.55 Å². The van der Waals surface area contributed by atoms with Gasteiger partial charge in [0, 0.05) is 14.2 Å². The van der Waals surface area contributed by atoms with Crippen molar-refractivity contribution in [2.24, 2.45) is 0 Å². The van der Waals surface area contributed by atoms with Crippen LogP contribution < -0.4 is 0 Å². The highest BCUT2D eigenvalue weighted by Crippen LogP contribution is 1.77. The van der Waals surface area contributed by atoms with Crippen LogP contribution in [-0.4, -0.2) is 23.5 Å². The van der Waals surface area contributed by atoms with Gasteiger partial charge in [0.05, 0.1) is 0 Å². The highest BCUT2D eigenvalue weighted by atomic mass is 28.3. The first-order chi connectivity index (χ1) is 3.81. The van der Waals surface area contributed by atoms with Crippen LogP contribution >= 0.6 is 0 Å². The summed E-state index contributed by atoms with van der Waals surface area (Å²) in [6.45, 7) is 7.97. The van der Waals surface area contributed by atoms with Crippen molar-refractivity contribution in [2.75, 3.05) is 14.2 Å². The Balaban J connectivity index is 0. The molecule has 0 aliphatic carbocycles. The zero-order chi connectivity index (χ0) is 6.99. The Hall–Kier alpha value is -0.123. The monoisotopic (exact) mass is 134 g/mol. The lowest BCUT2D eigenvalue weighted by atomic mass is 11.3. The first kappa shape index (κ1) is 10.8. The summed E-state index contributed by atoms with van der Waals surface area (Å²) in [6.07, 6.45) is 0. The minimum atomic E-state index is -1.16. The summed E-state index contributed by atoms with van der Waals surface area (Å²) in [7, 11) is 2.17. The van der Waals surface area contributed by atoms with E-state index in [1.165, 1.54) is 0 Å². The Morgan fingerprint density at radius 1 is 1.12 bits per heavy atom. The Kier molecular flexibility index (Phi) is 13.5. The first-order valence-electron chi connectivity index (χ1n) is 2.37. The molecule has 0 saturated heterocycles. The molecule has 50 valence electrons. The summed E-state index contributed by atoms with van der Waals surface area (Å²) in [4.78, 5) is 0. The van der Waals surface area contributed by atoms with E-state index in [9.17, 15) is 0 Å². The highest BCUT2D eigenvalue weighted by molar-refractivity contribution is 6.42. The Bertz CT molecular complexity index is 37.4. The van der Waals surface area contributed by atoms with E-state index in [1.54, 1.807) is 14.2 Å². The van der Waals surface area contributed by atoms with Gasteiger partial charge in [0.2, 0.25) is 0 Å². The summed E-state index contributed by atoms with van der Waals surface area (Å²) >= 11 is 0. The summed E-state index contributed by atoms with van der Waals surface area (Å²) in [6, 6.07) is 0. The third-order valence-corrected chi connectivity index (χ3v) is 1.99. The van der Waals surface area contributed by atoms with Crippen molar-refractivity contribution in [3.63, 3.8) is 0 Å². The van der Waals surface area contributed by atoms with Gasteiger partial charge in [-0.15, -0.1) is 13.2 Å². The molecule has 0 spiro atoms. The molecule has 0 bridgehead atoms. The van der Waals surface area contributed by atoms with Crippen molar-refractivity contribution >= 4 is 9.28 Å². The Labute approximate surface area is 53.0 Å². The minimum absolute atomic E-state index is 1.16. The van der Waals surface area contributed by atoms with Crippen molar-refractivity contribution in [3.05, 3.63) is 13.2 Å². The van der Waals surface area contributed by atoms with E-state index in [4.69, 9.17) is 8.85 Å². The molecule has 0 N–H and O–H groups in total. The van der Waals surface area contributed by atoms with E-state index in [0.29, 0.717) is 0 Å². The molecule has 0 aromatic carbocycles. The van der Waals surface area contributed by atoms with Gasteiger partial charge >= 0.3 is 9.28 Å². The van der Waals surface area contributed by atoms with Crippen molar-refractivity contribution in [3.8, 4) is 0 Å². The number of hydrogen-bond donors (Lipinski definition) is 0. The van der Waals surface area contributed by atoms with Crippen molar-refractivity contribution < 1.29 is 8.85 Å². The van der Waals surface area contributed by atoms with Crippen LogP contribution in [-0.2, 0) is 8.85 Å². The average Bonchev–Trinajstić information content (AvgIpc) is 1.91. The van der Waals surface area contributed by atoms with Gasteiger partial charge in [-0.2, -0.15) is 0 Å².